The molecule has 0 radical (unpaired) electrons. The van der Waals surface area contributed by atoms with Crippen LogP contribution in [0.4, 0.5) is 0 Å². The molecule has 1 atom stereocenters. The number of fused-ring (bicyclic) bond motifs is 1. The van der Waals surface area contributed by atoms with E-state index in [1.807, 2.05) is 47.8 Å². The molecule has 1 aliphatic rings. The van der Waals surface area contributed by atoms with Gasteiger partial charge in [0, 0.05) is 19.8 Å². The minimum absolute atomic E-state index is 0.105. The van der Waals surface area contributed by atoms with Crippen LogP contribution in [0.5, 0.6) is 0 Å². The summed E-state index contributed by atoms with van der Waals surface area (Å²) in [5.41, 5.74) is 2.10. The van der Waals surface area contributed by atoms with Gasteiger partial charge in [-0.2, -0.15) is 5.10 Å². The Hall–Kier alpha value is -2.96. The number of nitrogens with zero attached hydrogens (tertiary/aromatic N) is 6. The zero-order valence-corrected chi connectivity index (χ0v) is 14.3. The number of rotatable bonds is 4. The number of hydrogen-bond donors (Lipinski definition) is 0. The highest BCUT2D eigenvalue weighted by molar-refractivity contribution is 5.82. The van der Waals surface area contributed by atoms with E-state index in [1.54, 1.807) is 10.9 Å². The molecule has 0 aliphatic carbocycles. The van der Waals surface area contributed by atoms with Crippen LogP contribution in [0.15, 0.2) is 42.7 Å². The molecule has 0 fully saturated rings. The van der Waals surface area contributed by atoms with Crippen molar-refractivity contribution >= 4 is 5.91 Å². The molecule has 0 saturated heterocycles. The molecule has 25 heavy (non-hydrogen) atoms. The summed E-state index contributed by atoms with van der Waals surface area (Å²) in [5, 5.41) is 12.8. The molecule has 3 aromatic rings. The standard InChI is InChI=1S/C18H20N6O/c1-13-18(25)23(9-8-14-6-4-3-5-7-14)12-16-20-21-17(24(13)16)15-10-19-22(2)11-15/h3-7,10-11,13H,8-9,12H2,1-2H3/t13-/m0/s1. The number of carbonyl (C=O) groups excluding carboxylic acids is 1. The Balaban J connectivity index is 1.57. The Labute approximate surface area is 145 Å². The van der Waals surface area contributed by atoms with Crippen LogP contribution in [-0.4, -0.2) is 41.9 Å². The first-order valence-electron chi connectivity index (χ1n) is 8.39. The van der Waals surface area contributed by atoms with Gasteiger partial charge < -0.3 is 4.90 Å². The predicted molar refractivity (Wildman–Crippen MR) is 92.5 cm³/mol. The first-order valence-corrected chi connectivity index (χ1v) is 8.39. The summed E-state index contributed by atoms with van der Waals surface area (Å²) < 4.78 is 3.65. The van der Waals surface area contributed by atoms with Crippen LogP contribution in [-0.2, 0) is 24.8 Å². The van der Waals surface area contributed by atoms with Crippen LogP contribution in [0.2, 0.25) is 0 Å². The third-order valence-electron chi connectivity index (χ3n) is 4.63. The Kier molecular flexibility index (Phi) is 3.83. The van der Waals surface area contributed by atoms with Crippen LogP contribution < -0.4 is 0 Å². The van der Waals surface area contributed by atoms with Gasteiger partial charge in [0.15, 0.2) is 11.6 Å². The number of benzene rings is 1. The normalized spacial score (nSPS) is 17.0. The van der Waals surface area contributed by atoms with Crippen LogP contribution in [0.25, 0.3) is 11.4 Å². The molecule has 1 amide bonds. The van der Waals surface area contributed by atoms with Gasteiger partial charge in [-0.15, -0.1) is 10.2 Å². The van der Waals surface area contributed by atoms with Crippen molar-refractivity contribution in [1.82, 2.24) is 29.4 Å². The quantitative estimate of drug-likeness (QED) is 0.729. The molecule has 1 aliphatic heterocycles. The van der Waals surface area contributed by atoms with Gasteiger partial charge in [0.05, 0.1) is 18.3 Å². The summed E-state index contributed by atoms with van der Waals surface area (Å²) in [7, 11) is 1.86. The predicted octanol–water partition coefficient (Wildman–Crippen LogP) is 1.82. The fraction of sp³-hybridized carbons (Fsp3) is 0.333. The minimum Gasteiger partial charge on any atom is -0.333 e. The molecule has 7 heteroatoms. The minimum atomic E-state index is -0.315. The zero-order chi connectivity index (χ0) is 17.4. The summed E-state index contributed by atoms with van der Waals surface area (Å²) in [4.78, 5) is 14.7. The van der Waals surface area contributed by atoms with E-state index in [0.29, 0.717) is 18.9 Å². The fourth-order valence-corrected chi connectivity index (χ4v) is 3.29. The molecule has 0 unspecified atom stereocenters. The van der Waals surface area contributed by atoms with Crippen molar-refractivity contribution < 1.29 is 4.79 Å². The van der Waals surface area contributed by atoms with E-state index < -0.39 is 0 Å². The van der Waals surface area contributed by atoms with Crippen molar-refractivity contribution in [1.29, 1.82) is 0 Å². The van der Waals surface area contributed by atoms with E-state index in [1.165, 1.54) is 5.56 Å². The molecule has 3 heterocycles. The maximum absolute atomic E-state index is 12.8. The molecule has 7 nitrogen and oxygen atoms in total. The van der Waals surface area contributed by atoms with Crippen molar-refractivity contribution in [3.63, 3.8) is 0 Å². The van der Waals surface area contributed by atoms with Gasteiger partial charge in [0.25, 0.3) is 0 Å². The van der Waals surface area contributed by atoms with Gasteiger partial charge >= 0.3 is 0 Å². The molecule has 2 aromatic heterocycles. The lowest BCUT2D eigenvalue weighted by Gasteiger charge is -2.32. The Morgan fingerprint density at radius 3 is 2.72 bits per heavy atom. The van der Waals surface area contributed by atoms with Crippen molar-refractivity contribution in [2.75, 3.05) is 6.54 Å². The summed E-state index contributed by atoms with van der Waals surface area (Å²) >= 11 is 0. The molecule has 0 bridgehead atoms. The van der Waals surface area contributed by atoms with Gasteiger partial charge in [-0.25, -0.2) is 0 Å². The molecule has 128 valence electrons. The van der Waals surface area contributed by atoms with Gasteiger partial charge in [-0.05, 0) is 18.9 Å². The molecule has 0 spiro atoms. The number of aromatic nitrogens is 5. The van der Waals surface area contributed by atoms with Gasteiger partial charge in [-0.1, -0.05) is 30.3 Å². The fourth-order valence-electron chi connectivity index (χ4n) is 3.29. The van der Waals surface area contributed by atoms with Crippen molar-refractivity contribution in [2.24, 2.45) is 7.05 Å². The summed E-state index contributed by atoms with van der Waals surface area (Å²) in [6.07, 6.45) is 4.47. The smallest absolute Gasteiger partial charge is 0.245 e. The molecular formula is C18H20N6O. The molecular weight excluding hydrogens is 316 g/mol. The van der Waals surface area contributed by atoms with Crippen LogP contribution in [0.1, 0.15) is 24.4 Å². The van der Waals surface area contributed by atoms with Crippen molar-refractivity contribution in [3.8, 4) is 11.4 Å². The lowest BCUT2D eigenvalue weighted by atomic mass is 10.1. The van der Waals surface area contributed by atoms with Gasteiger partial charge in [0.2, 0.25) is 5.91 Å². The van der Waals surface area contributed by atoms with Crippen molar-refractivity contribution in [3.05, 3.63) is 54.1 Å². The average Bonchev–Trinajstić information content (AvgIpc) is 3.23. The van der Waals surface area contributed by atoms with Gasteiger partial charge in [-0.3, -0.25) is 14.0 Å². The highest BCUT2D eigenvalue weighted by Gasteiger charge is 2.33. The Morgan fingerprint density at radius 1 is 1.20 bits per heavy atom. The number of aryl methyl sites for hydroxylation is 1. The van der Waals surface area contributed by atoms with E-state index in [2.05, 4.69) is 27.4 Å². The first kappa shape index (κ1) is 15.6. The Morgan fingerprint density at radius 2 is 2.00 bits per heavy atom. The molecule has 0 saturated carbocycles. The van der Waals surface area contributed by atoms with Crippen LogP contribution in [0, 0.1) is 0 Å². The zero-order valence-electron chi connectivity index (χ0n) is 14.3. The van der Waals surface area contributed by atoms with E-state index >= 15 is 0 Å². The second kappa shape index (κ2) is 6.16. The summed E-state index contributed by atoms with van der Waals surface area (Å²) in [6, 6.07) is 9.89. The van der Waals surface area contributed by atoms with E-state index in [9.17, 15) is 4.79 Å². The second-order valence-corrected chi connectivity index (χ2v) is 6.38. The van der Waals surface area contributed by atoms with E-state index in [0.717, 1.165) is 17.8 Å². The number of carbonyl (C=O) groups is 1. The van der Waals surface area contributed by atoms with Crippen molar-refractivity contribution in [2.45, 2.75) is 25.9 Å². The molecule has 4 rings (SSSR count). The highest BCUT2D eigenvalue weighted by Crippen LogP contribution is 2.28. The largest absolute Gasteiger partial charge is 0.333 e. The lowest BCUT2D eigenvalue weighted by molar-refractivity contribution is -0.136. The van der Waals surface area contributed by atoms with Gasteiger partial charge in [0.1, 0.15) is 6.04 Å². The summed E-state index contributed by atoms with van der Waals surface area (Å²) in [5.74, 6) is 1.62. The average molecular weight is 336 g/mol. The topological polar surface area (TPSA) is 68.8 Å². The Bertz CT molecular complexity index is 897. The third kappa shape index (κ3) is 2.82. The van der Waals surface area contributed by atoms with E-state index in [-0.39, 0.29) is 11.9 Å². The van der Waals surface area contributed by atoms with Crippen LogP contribution in [0.3, 0.4) is 0 Å². The number of hydrogen-bond acceptors (Lipinski definition) is 4. The third-order valence-corrected chi connectivity index (χ3v) is 4.63. The SMILES string of the molecule is C[C@H]1C(=O)N(CCc2ccccc2)Cc2nnc(-c3cnn(C)c3)n21. The lowest BCUT2D eigenvalue weighted by Crippen LogP contribution is -2.42. The second-order valence-electron chi connectivity index (χ2n) is 6.38. The maximum atomic E-state index is 12.8. The monoisotopic (exact) mass is 336 g/mol. The van der Waals surface area contributed by atoms with Crippen LogP contribution >= 0.6 is 0 Å². The highest BCUT2D eigenvalue weighted by atomic mass is 16.2. The molecule has 0 N–H and O–H groups in total. The first-order chi connectivity index (χ1) is 12.1. The number of amides is 1. The maximum Gasteiger partial charge on any atom is 0.245 e. The summed E-state index contributed by atoms with van der Waals surface area (Å²) in [6.45, 7) is 3.08. The molecule has 1 aromatic carbocycles. The van der Waals surface area contributed by atoms with E-state index in [4.69, 9.17) is 0 Å².